The fraction of sp³-hybridized carbons (Fsp3) is 0.462. The SMILES string of the molecule is CN=C(C)c1ccc(OC2CCOC2)cc1. The van der Waals surface area contributed by atoms with Crippen molar-refractivity contribution in [3.8, 4) is 5.75 Å². The fourth-order valence-electron chi connectivity index (χ4n) is 1.70. The molecule has 1 aliphatic heterocycles. The standard InChI is InChI=1S/C13H17NO2/c1-10(14-2)11-3-5-12(6-4-11)16-13-7-8-15-9-13/h3-6,13H,7-9H2,1-2H3. The summed E-state index contributed by atoms with van der Waals surface area (Å²) in [5.41, 5.74) is 2.17. The van der Waals surface area contributed by atoms with Gasteiger partial charge in [-0.1, -0.05) is 0 Å². The number of aliphatic imine (C=N–C) groups is 1. The van der Waals surface area contributed by atoms with E-state index in [2.05, 4.69) is 4.99 Å². The summed E-state index contributed by atoms with van der Waals surface area (Å²) in [6.07, 6.45) is 1.20. The van der Waals surface area contributed by atoms with Gasteiger partial charge >= 0.3 is 0 Å². The van der Waals surface area contributed by atoms with Crippen molar-refractivity contribution in [1.29, 1.82) is 0 Å². The van der Waals surface area contributed by atoms with Gasteiger partial charge in [-0.25, -0.2) is 0 Å². The van der Waals surface area contributed by atoms with Gasteiger partial charge in [-0.05, 0) is 36.8 Å². The van der Waals surface area contributed by atoms with Crippen LogP contribution >= 0.6 is 0 Å². The molecule has 0 aromatic heterocycles. The van der Waals surface area contributed by atoms with E-state index in [-0.39, 0.29) is 6.10 Å². The number of nitrogens with zero attached hydrogens (tertiary/aromatic N) is 1. The lowest BCUT2D eigenvalue weighted by atomic mass is 10.1. The topological polar surface area (TPSA) is 30.8 Å². The summed E-state index contributed by atoms with van der Waals surface area (Å²) in [7, 11) is 1.80. The van der Waals surface area contributed by atoms with E-state index in [1.807, 2.05) is 31.2 Å². The van der Waals surface area contributed by atoms with Gasteiger partial charge in [0.05, 0.1) is 13.2 Å². The Labute approximate surface area is 96.1 Å². The van der Waals surface area contributed by atoms with Crippen molar-refractivity contribution in [1.82, 2.24) is 0 Å². The lowest BCUT2D eigenvalue weighted by Gasteiger charge is -2.11. The molecular weight excluding hydrogens is 202 g/mol. The maximum atomic E-state index is 5.78. The first kappa shape index (κ1) is 11.1. The first-order valence-corrected chi connectivity index (χ1v) is 5.58. The maximum Gasteiger partial charge on any atom is 0.124 e. The largest absolute Gasteiger partial charge is 0.488 e. The van der Waals surface area contributed by atoms with Crippen LogP contribution in [0.2, 0.25) is 0 Å². The van der Waals surface area contributed by atoms with Gasteiger partial charge in [-0.3, -0.25) is 4.99 Å². The number of hydrogen-bond acceptors (Lipinski definition) is 3. The molecule has 2 rings (SSSR count). The molecule has 3 heteroatoms. The van der Waals surface area contributed by atoms with E-state index in [1.165, 1.54) is 0 Å². The predicted octanol–water partition coefficient (Wildman–Crippen LogP) is 2.29. The van der Waals surface area contributed by atoms with Gasteiger partial charge in [0.25, 0.3) is 0 Å². The Morgan fingerprint density at radius 3 is 2.69 bits per heavy atom. The van der Waals surface area contributed by atoms with Gasteiger partial charge in [0.2, 0.25) is 0 Å². The van der Waals surface area contributed by atoms with Gasteiger partial charge in [0.15, 0.2) is 0 Å². The fourth-order valence-corrected chi connectivity index (χ4v) is 1.70. The molecule has 1 aromatic rings. The molecular formula is C13H17NO2. The van der Waals surface area contributed by atoms with Crippen molar-refractivity contribution in [3.63, 3.8) is 0 Å². The Hall–Kier alpha value is -1.35. The normalized spacial score (nSPS) is 21.1. The van der Waals surface area contributed by atoms with Crippen LogP contribution in [0.4, 0.5) is 0 Å². The van der Waals surface area contributed by atoms with Crippen LogP contribution < -0.4 is 4.74 Å². The van der Waals surface area contributed by atoms with Crippen LogP contribution in [-0.4, -0.2) is 32.1 Å². The highest BCUT2D eigenvalue weighted by molar-refractivity contribution is 5.98. The summed E-state index contributed by atoms with van der Waals surface area (Å²) >= 11 is 0. The van der Waals surface area contributed by atoms with Gasteiger partial charge in [0, 0.05) is 19.2 Å². The van der Waals surface area contributed by atoms with Gasteiger partial charge < -0.3 is 9.47 Å². The molecule has 86 valence electrons. The second kappa shape index (κ2) is 5.12. The quantitative estimate of drug-likeness (QED) is 0.730. The summed E-state index contributed by atoms with van der Waals surface area (Å²) in [5, 5.41) is 0. The first-order valence-electron chi connectivity index (χ1n) is 5.58. The van der Waals surface area contributed by atoms with E-state index in [0.29, 0.717) is 6.61 Å². The third kappa shape index (κ3) is 2.61. The molecule has 0 amide bonds. The number of hydrogen-bond donors (Lipinski definition) is 0. The summed E-state index contributed by atoms with van der Waals surface area (Å²) in [6.45, 7) is 3.52. The first-order chi connectivity index (χ1) is 7.79. The number of ether oxygens (including phenoxy) is 2. The molecule has 1 saturated heterocycles. The summed E-state index contributed by atoms with van der Waals surface area (Å²) in [4.78, 5) is 4.15. The molecule has 3 nitrogen and oxygen atoms in total. The second-order valence-corrected chi connectivity index (χ2v) is 3.94. The molecule has 0 spiro atoms. The third-order valence-electron chi connectivity index (χ3n) is 2.80. The Balaban J connectivity index is 2.01. The molecule has 1 aliphatic rings. The lowest BCUT2D eigenvalue weighted by Crippen LogP contribution is -2.15. The van der Waals surface area contributed by atoms with Crippen LogP contribution in [0.3, 0.4) is 0 Å². The average Bonchev–Trinajstić information content (AvgIpc) is 2.82. The van der Waals surface area contributed by atoms with E-state index in [4.69, 9.17) is 9.47 Å². The minimum atomic E-state index is 0.215. The lowest BCUT2D eigenvalue weighted by molar-refractivity contribution is 0.141. The minimum Gasteiger partial charge on any atom is -0.488 e. The van der Waals surface area contributed by atoms with Crippen molar-refractivity contribution in [3.05, 3.63) is 29.8 Å². The Kier molecular flexibility index (Phi) is 3.57. The van der Waals surface area contributed by atoms with Crippen LogP contribution in [0.5, 0.6) is 5.75 Å². The van der Waals surface area contributed by atoms with Crippen LogP contribution in [0.25, 0.3) is 0 Å². The Morgan fingerprint density at radius 2 is 2.12 bits per heavy atom. The summed E-state index contributed by atoms with van der Waals surface area (Å²) in [6, 6.07) is 8.05. The predicted molar refractivity (Wildman–Crippen MR) is 64.4 cm³/mol. The van der Waals surface area contributed by atoms with E-state index in [0.717, 1.165) is 30.1 Å². The second-order valence-electron chi connectivity index (χ2n) is 3.94. The zero-order valence-electron chi connectivity index (χ0n) is 9.77. The van der Waals surface area contributed by atoms with Crippen molar-refractivity contribution < 1.29 is 9.47 Å². The molecule has 0 bridgehead atoms. The molecule has 0 saturated carbocycles. The zero-order chi connectivity index (χ0) is 11.4. The molecule has 1 atom stereocenters. The van der Waals surface area contributed by atoms with Gasteiger partial charge in [-0.15, -0.1) is 0 Å². The molecule has 1 fully saturated rings. The van der Waals surface area contributed by atoms with Crippen LogP contribution in [0, 0.1) is 0 Å². The Morgan fingerprint density at radius 1 is 1.38 bits per heavy atom. The smallest absolute Gasteiger partial charge is 0.124 e. The highest BCUT2D eigenvalue weighted by atomic mass is 16.5. The van der Waals surface area contributed by atoms with Crippen molar-refractivity contribution in [2.45, 2.75) is 19.4 Å². The molecule has 0 radical (unpaired) electrons. The summed E-state index contributed by atoms with van der Waals surface area (Å²) in [5.74, 6) is 0.906. The van der Waals surface area contributed by atoms with Gasteiger partial charge in [0.1, 0.15) is 11.9 Å². The van der Waals surface area contributed by atoms with E-state index in [1.54, 1.807) is 7.05 Å². The zero-order valence-corrected chi connectivity index (χ0v) is 9.77. The number of rotatable bonds is 3. The highest BCUT2D eigenvalue weighted by Crippen LogP contribution is 2.17. The third-order valence-corrected chi connectivity index (χ3v) is 2.80. The van der Waals surface area contributed by atoms with E-state index in [9.17, 15) is 0 Å². The number of benzene rings is 1. The molecule has 16 heavy (non-hydrogen) atoms. The summed E-state index contributed by atoms with van der Waals surface area (Å²) < 4.78 is 11.0. The highest BCUT2D eigenvalue weighted by Gasteiger charge is 2.16. The minimum absolute atomic E-state index is 0.215. The monoisotopic (exact) mass is 219 g/mol. The van der Waals surface area contributed by atoms with Crippen LogP contribution in [0.15, 0.2) is 29.3 Å². The maximum absolute atomic E-state index is 5.78. The van der Waals surface area contributed by atoms with Crippen molar-refractivity contribution in [2.75, 3.05) is 20.3 Å². The molecule has 0 N–H and O–H groups in total. The van der Waals surface area contributed by atoms with Gasteiger partial charge in [-0.2, -0.15) is 0 Å². The van der Waals surface area contributed by atoms with Crippen molar-refractivity contribution >= 4 is 5.71 Å². The molecule has 1 heterocycles. The Bertz CT molecular complexity index is 364. The van der Waals surface area contributed by atoms with E-state index < -0.39 is 0 Å². The molecule has 1 unspecified atom stereocenters. The molecule has 1 aromatic carbocycles. The van der Waals surface area contributed by atoms with Crippen LogP contribution in [0.1, 0.15) is 18.9 Å². The van der Waals surface area contributed by atoms with E-state index >= 15 is 0 Å². The molecule has 0 aliphatic carbocycles. The van der Waals surface area contributed by atoms with Crippen LogP contribution in [-0.2, 0) is 4.74 Å². The van der Waals surface area contributed by atoms with Crippen molar-refractivity contribution in [2.24, 2.45) is 4.99 Å². The average molecular weight is 219 g/mol.